The molecule has 9 heteroatoms. The van der Waals surface area contributed by atoms with E-state index < -0.39 is 10.8 Å². The van der Waals surface area contributed by atoms with E-state index in [0.29, 0.717) is 28.2 Å². The van der Waals surface area contributed by atoms with Crippen LogP contribution in [0.3, 0.4) is 0 Å². The maximum Gasteiger partial charge on any atom is 0.272 e. The van der Waals surface area contributed by atoms with Crippen LogP contribution in [0.4, 0.5) is 5.69 Å². The molecule has 0 radical (unpaired) electrons. The summed E-state index contributed by atoms with van der Waals surface area (Å²) in [5.41, 5.74) is 2.57. The highest BCUT2D eigenvalue weighted by Gasteiger charge is 2.13. The fourth-order valence-corrected chi connectivity index (χ4v) is 3.18. The van der Waals surface area contributed by atoms with Crippen LogP contribution in [0.5, 0.6) is 11.5 Å². The second-order valence-electron chi connectivity index (χ2n) is 7.28. The first-order valence-electron chi connectivity index (χ1n) is 10.2. The lowest BCUT2D eigenvalue weighted by atomic mass is 10.1. The van der Waals surface area contributed by atoms with Gasteiger partial charge in [0.25, 0.3) is 11.6 Å². The summed E-state index contributed by atoms with van der Waals surface area (Å²) in [6.07, 6.45) is 4.76. The van der Waals surface area contributed by atoms with E-state index in [0.717, 1.165) is 5.56 Å². The molecule has 0 aliphatic carbocycles. The highest BCUT2D eigenvalue weighted by Crippen LogP contribution is 2.26. The van der Waals surface area contributed by atoms with E-state index in [1.54, 1.807) is 49.6 Å². The van der Waals surface area contributed by atoms with Gasteiger partial charge in [0.05, 0.1) is 12.0 Å². The normalized spacial score (nSPS) is 10.8. The molecule has 34 heavy (non-hydrogen) atoms. The maximum absolute atomic E-state index is 12.5. The van der Waals surface area contributed by atoms with Crippen molar-refractivity contribution < 1.29 is 19.2 Å². The van der Waals surface area contributed by atoms with Crippen molar-refractivity contribution in [2.24, 2.45) is 0 Å². The number of pyridine rings is 1. The summed E-state index contributed by atoms with van der Waals surface area (Å²) in [4.78, 5) is 27.0. The van der Waals surface area contributed by atoms with Crippen molar-refractivity contribution in [3.8, 4) is 17.6 Å². The van der Waals surface area contributed by atoms with E-state index in [1.807, 2.05) is 12.1 Å². The Balaban J connectivity index is 1.74. The molecule has 9 nitrogen and oxygen atoms in total. The van der Waals surface area contributed by atoms with Crippen LogP contribution in [0.15, 0.2) is 66.5 Å². The molecule has 0 saturated carbocycles. The molecular weight excluding hydrogens is 436 g/mol. The Morgan fingerprint density at radius 2 is 2.09 bits per heavy atom. The summed E-state index contributed by atoms with van der Waals surface area (Å²) in [6, 6.07) is 15.2. The topological polar surface area (TPSA) is 127 Å². The third kappa shape index (κ3) is 6.17. The van der Waals surface area contributed by atoms with E-state index in [9.17, 15) is 20.2 Å². The van der Waals surface area contributed by atoms with Gasteiger partial charge in [-0.25, -0.2) is 0 Å². The van der Waals surface area contributed by atoms with E-state index in [4.69, 9.17) is 9.47 Å². The minimum absolute atomic E-state index is 0.0166. The molecule has 0 saturated heterocycles. The summed E-state index contributed by atoms with van der Waals surface area (Å²) >= 11 is 0. The van der Waals surface area contributed by atoms with Gasteiger partial charge in [-0.15, -0.1) is 0 Å². The first-order chi connectivity index (χ1) is 16.4. The van der Waals surface area contributed by atoms with Crippen molar-refractivity contribution >= 4 is 17.7 Å². The molecule has 3 rings (SSSR count). The van der Waals surface area contributed by atoms with Crippen molar-refractivity contribution in [2.45, 2.75) is 20.1 Å². The lowest BCUT2D eigenvalue weighted by Crippen LogP contribution is -2.24. The van der Waals surface area contributed by atoms with Crippen LogP contribution < -0.4 is 14.8 Å². The highest BCUT2D eigenvalue weighted by molar-refractivity contribution is 6.01. The van der Waals surface area contributed by atoms with Crippen LogP contribution in [0.2, 0.25) is 0 Å². The Kier molecular flexibility index (Phi) is 7.92. The molecule has 1 aromatic heterocycles. The van der Waals surface area contributed by atoms with E-state index in [2.05, 4.69) is 10.3 Å². The zero-order chi connectivity index (χ0) is 24.5. The smallest absolute Gasteiger partial charge is 0.272 e. The van der Waals surface area contributed by atoms with Crippen LogP contribution in [0.25, 0.3) is 6.08 Å². The van der Waals surface area contributed by atoms with Crippen molar-refractivity contribution in [3.05, 3.63) is 98.9 Å². The summed E-state index contributed by atoms with van der Waals surface area (Å²) in [5.74, 6) is 0.537. The number of aromatic nitrogens is 1. The molecule has 0 aliphatic heterocycles. The van der Waals surface area contributed by atoms with Crippen molar-refractivity contribution in [1.82, 2.24) is 10.3 Å². The molecular formula is C25H22N4O5. The number of amides is 1. The van der Waals surface area contributed by atoms with Gasteiger partial charge < -0.3 is 14.8 Å². The number of nitro benzene ring substituents is 1. The molecule has 0 aliphatic rings. The lowest BCUT2D eigenvalue weighted by molar-refractivity contribution is -0.385. The summed E-state index contributed by atoms with van der Waals surface area (Å²) in [5, 5.41) is 23.2. The average molecular weight is 458 g/mol. The standard InChI is InChI=1S/C25H22N4O5/c1-17-10-22(6-7-23(17)29(31)32)34-16-21-12-18(5-8-24(21)33-2)11-20(13-26)25(30)28-15-19-4-3-9-27-14-19/h3-12,14H,15-16H2,1-2H3,(H,28,30)/b20-11+. The minimum Gasteiger partial charge on any atom is -0.496 e. The van der Waals surface area contributed by atoms with Crippen LogP contribution in [-0.4, -0.2) is 22.9 Å². The van der Waals surface area contributed by atoms with Crippen molar-refractivity contribution in [2.75, 3.05) is 7.11 Å². The average Bonchev–Trinajstić information content (AvgIpc) is 2.85. The number of nitrogens with zero attached hydrogens (tertiary/aromatic N) is 3. The number of nitro groups is 1. The van der Waals surface area contributed by atoms with E-state index in [-0.39, 0.29) is 24.4 Å². The second kappa shape index (κ2) is 11.2. The van der Waals surface area contributed by atoms with Crippen molar-refractivity contribution in [1.29, 1.82) is 5.26 Å². The van der Waals surface area contributed by atoms with Gasteiger partial charge in [0, 0.05) is 36.1 Å². The molecule has 0 spiro atoms. The Morgan fingerprint density at radius 1 is 1.26 bits per heavy atom. The van der Waals surface area contributed by atoms with E-state index in [1.165, 1.54) is 25.3 Å². The molecule has 2 aromatic carbocycles. The number of carbonyl (C=O) groups is 1. The molecule has 0 atom stereocenters. The summed E-state index contributed by atoms with van der Waals surface area (Å²) in [6.45, 7) is 2.01. The van der Waals surface area contributed by atoms with Gasteiger partial charge >= 0.3 is 0 Å². The van der Waals surface area contributed by atoms with Crippen LogP contribution in [0, 0.1) is 28.4 Å². The second-order valence-corrected chi connectivity index (χ2v) is 7.28. The number of hydrogen-bond acceptors (Lipinski definition) is 7. The van der Waals surface area contributed by atoms with Gasteiger partial charge in [0.15, 0.2) is 0 Å². The first kappa shape index (κ1) is 23.9. The minimum atomic E-state index is -0.499. The number of hydrogen-bond donors (Lipinski definition) is 1. The molecule has 1 amide bonds. The SMILES string of the molecule is COc1ccc(/C=C(\C#N)C(=O)NCc2cccnc2)cc1COc1ccc([N+](=O)[O-])c(C)c1. The fraction of sp³-hybridized carbons (Fsp3) is 0.160. The Bertz CT molecular complexity index is 1270. The molecule has 0 fully saturated rings. The number of methoxy groups -OCH3 is 1. The molecule has 172 valence electrons. The number of ether oxygens (including phenoxy) is 2. The maximum atomic E-state index is 12.5. The Hall–Kier alpha value is -4.71. The lowest BCUT2D eigenvalue weighted by Gasteiger charge is -2.12. The summed E-state index contributed by atoms with van der Waals surface area (Å²) in [7, 11) is 1.52. The zero-order valence-electron chi connectivity index (χ0n) is 18.6. The summed E-state index contributed by atoms with van der Waals surface area (Å²) < 4.78 is 11.2. The van der Waals surface area contributed by atoms with Crippen LogP contribution in [0.1, 0.15) is 22.3 Å². The van der Waals surface area contributed by atoms with Gasteiger partial charge in [0.2, 0.25) is 0 Å². The molecule has 0 bridgehead atoms. The predicted octanol–water partition coefficient (Wildman–Crippen LogP) is 4.11. The van der Waals surface area contributed by atoms with Crippen LogP contribution >= 0.6 is 0 Å². The number of nitriles is 1. The molecule has 1 heterocycles. The van der Waals surface area contributed by atoms with Gasteiger partial charge in [-0.2, -0.15) is 5.26 Å². The quantitative estimate of drug-likeness (QED) is 0.221. The number of nitrogens with one attached hydrogen (secondary N) is 1. The van der Waals surface area contributed by atoms with Gasteiger partial charge in [-0.05, 0) is 54.5 Å². The highest BCUT2D eigenvalue weighted by atomic mass is 16.6. The third-order valence-corrected chi connectivity index (χ3v) is 4.92. The van der Waals surface area contributed by atoms with Crippen molar-refractivity contribution in [3.63, 3.8) is 0 Å². The van der Waals surface area contributed by atoms with Gasteiger partial charge in [-0.1, -0.05) is 12.1 Å². The largest absolute Gasteiger partial charge is 0.496 e. The zero-order valence-corrected chi connectivity index (χ0v) is 18.6. The van der Waals surface area contributed by atoms with Crippen LogP contribution in [-0.2, 0) is 17.9 Å². The molecule has 1 N–H and O–H groups in total. The number of aryl methyl sites for hydroxylation is 1. The monoisotopic (exact) mass is 458 g/mol. The van der Waals surface area contributed by atoms with Gasteiger partial charge in [-0.3, -0.25) is 19.9 Å². The van der Waals surface area contributed by atoms with E-state index >= 15 is 0 Å². The van der Waals surface area contributed by atoms with Gasteiger partial charge in [0.1, 0.15) is 29.7 Å². The first-order valence-corrected chi connectivity index (χ1v) is 10.2. The number of carbonyl (C=O) groups excluding carboxylic acids is 1. The predicted molar refractivity (Wildman–Crippen MR) is 125 cm³/mol. The molecule has 0 unspecified atom stereocenters. The Labute approximate surface area is 196 Å². The number of benzene rings is 2. The molecule has 3 aromatic rings. The number of rotatable bonds is 9. The Morgan fingerprint density at radius 3 is 2.74 bits per heavy atom. The third-order valence-electron chi connectivity index (χ3n) is 4.92. The fourth-order valence-electron chi connectivity index (χ4n) is 3.18.